The van der Waals surface area contributed by atoms with Crippen molar-refractivity contribution in [3.63, 3.8) is 0 Å². The molecule has 0 aliphatic rings. The molecule has 0 unspecified atom stereocenters. The first-order chi connectivity index (χ1) is 9.66. The predicted molar refractivity (Wildman–Crippen MR) is 84.3 cm³/mol. The molecular formula is C14H29N2O4S+. The smallest absolute Gasteiger partial charge is 0.265 e. The first-order valence-electron chi connectivity index (χ1n) is 7.39. The molecule has 0 rings (SSSR count). The van der Waals surface area contributed by atoms with Crippen LogP contribution in [0.15, 0.2) is 12.2 Å². The molecule has 21 heavy (non-hydrogen) atoms. The maximum absolute atomic E-state index is 11.7. The molecule has 124 valence electrons. The Hall–Kier alpha value is -0.920. The lowest BCUT2D eigenvalue weighted by atomic mass is 10.2. The van der Waals surface area contributed by atoms with Gasteiger partial charge in [0.1, 0.15) is 0 Å². The Morgan fingerprint density at radius 1 is 1.19 bits per heavy atom. The van der Waals surface area contributed by atoms with E-state index >= 15 is 0 Å². The number of nitrogens with zero attached hydrogens (tertiary/aromatic N) is 1. The van der Waals surface area contributed by atoms with Gasteiger partial charge in [0.15, 0.2) is 6.67 Å². The molecule has 7 heteroatoms. The van der Waals surface area contributed by atoms with E-state index in [1.54, 1.807) is 6.92 Å². The third-order valence-corrected chi connectivity index (χ3v) is 4.20. The summed E-state index contributed by atoms with van der Waals surface area (Å²) in [7, 11) is -3.93. The van der Waals surface area contributed by atoms with Crippen LogP contribution < -0.4 is 5.32 Å². The van der Waals surface area contributed by atoms with Crippen LogP contribution in [0.2, 0.25) is 0 Å². The molecule has 0 aromatic heterocycles. The molecule has 0 spiro atoms. The Morgan fingerprint density at radius 3 is 2.10 bits per heavy atom. The van der Waals surface area contributed by atoms with Crippen LogP contribution in [0.3, 0.4) is 0 Å². The number of quaternary nitrogens is 1. The van der Waals surface area contributed by atoms with Gasteiger partial charge >= 0.3 is 0 Å². The maximum atomic E-state index is 11.7. The lowest BCUT2D eigenvalue weighted by Gasteiger charge is -2.38. The Bertz CT molecular complexity index is 440. The van der Waals surface area contributed by atoms with Crippen molar-refractivity contribution in [2.45, 2.75) is 40.0 Å². The highest BCUT2D eigenvalue weighted by Gasteiger charge is 2.26. The van der Waals surface area contributed by atoms with Gasteiger partial charge in [-0.05, 0) is 19.8 Å². The number of amides is 1. The monoisotopic (exact) mass is 321 g/mol. The molecular weight excluding hydrogens is 292 g/mol. The molecule has 0 heterocycles. The van der Waals surface area contributed by atoms with E-state index in [1.165, 1.54) is 0 Å². The zero-order valence-corrected chi connectivity index (χ0v) is 14.2. The standard InChI is InChI=1S/C14H28N2O4S/c1-5-8-16(9-6-2,10-7-11-21(18,19)20)12-15-14(17)13(3)4/h3,5-12H2,1-2,4H3,(H-,15,17,18,19,20)/p+1. The van der Waals surface area contributed by atoms with Crippen LogP contribution >= 0.6 is 0 Å². The van der Waals surface area contributed by atoms with Crippen molar-refractivity contribution >= 4 is 16.0 Å². The molecule has 0 fully saturated rings. The van der Waals surface area contributed by atoms with Crippen LogP contribution in [-0.4, -0.2) is 55.4 Å². The number of hydrogen-bond donors (Lipinski definition) is 2. The molecule has 0 aromatic rings. The third-order valence-electron chi connectivity index (χ3n) is 3.39. The van der Waals surface area contributed by atoms with Crippen molar-refractivity contribution in [2.24, 2.45) is 0 Å². The predicted octanol–water partition coefficient (Wildman–Crippen LogP) is 1.55. The van der Waals surface area contributed by atoms with Crippen LogP contribution in [0.4, 0.5) is 0 Å². The molecule has 0 atom stereocenters. The van der Waals surface area contributed by atoms with Gasteiger partial charge in [0, 0.05) is 12.0 Å². The first-order valence-corrected chi connectivity index (χ1v) is 9.00. The minimum atomic E-state index is -3.93. The largest absolute Gasteiger partial charge is 0.307 e. The highest BCUT2D eigenvalue weighted by Crippen LogP contribution is 2.11. The van der Waals surface area contributed by atoms with Crippen LogP contribution in [0.1, 0.15) is 40.0 Å². The Morgan fingerprint density at radius 2 is 1.71 bits per heavy atom. The minimum absolute atomic E-state index is 0.181. The maximum Gasteiger partial charge on any atom is 0.265 e. The van der Waals surface area contributed by atoms with E-state index in [-0.39, 0.29) is 11.7 Å². The molecule has 0 saturated heterocycles. The highest BCUT2D eigenvalue weighted by molar-refractivity contribution is 7.85. The summed E-state index contributed by atoms with van der Waals surface area (Å²) in [5, 5.41) is 2.86. The number of rotatable bonds is 11. The van der Waals surface area contributed by atoms with E-state index in [4.69, 9.17) is 4.55 Å². The topological polar surface area (TPSA) is 83.5 Å². The van der Waals surface area contributed by atoms with Gasteiger partial charge in [-0.3, -0.25) is 9.35 Å². The lowest BCUT2D eigenvalue weighted by Crippen LogP contribution is -2.56. The molecule has 0 bridgehead atoms. The fraction of sp³-hybridized carbons (Fsp3) is 0.786. The van der Waals surface area contributed by atoms with Crippen molar-refractivity contribution in [1.29, 1.82) is 0 Å². The van der Waals surface area contributed by atoms with E-state index in [0.29, 0.717) is 29.7 Å². The van der Waals surface area contributed by atoms with E-state index in [2.05, 4.69) is 25.7 Å². The summed E-state index contributed by atoms with van der Waals surface area (Å²) < 4.78 is 31.2. The molecule has 0 aliphatic carbocycles. The summed E-state index contributed by atoms with van der Waals surface area (Å²) >= 11 is 0. The van der Waals surface area contributed by atoms with Crippen molar-refractivity contribution in [3.8, 4) is 0 Å². The van der Waals surface area contributed by atoms with Crippen LogP contribution in [0.25, 0.3) is 0 Å². The zero-order valence-electron chi connectivity index (χ0n) is 13.4. The van der Waals surface area contributed by atoms with Gasteiger partial charge in [-0.25, -0.2) is 0 Å². The molecule has 0 saturated carbocycles. The van der Waals surface area contributed by atoms with Gasteiger partial charge in [0.2, 0.25) is 0 Å². The second kappa shape index (κ2) is 9.17. The average Bonchev–Trinajstić information content (AvgIpc) is 2.34. The van der Waals surface area contributed by atoms with Crippen molar-refractivity contribution in [3.05, 3.63) is 12.2 Å². The Balaban J connectivity index is 4.79. The van der Waals surface area contributed by atoms with Crippen molar-refractivity contribution < 1.29 is 22.2 Å². The summed E-state index contributed by atoms with van der Waals surface area (Å²) in [6, 6.07) is 0. The minimum Gasteiger partial charge on any atom is -0.307 e. The van der Waals surface area contributed by atoms with E-state index in [0.717, 1.165) is 25.9 Å². The molecule has 0 aliphatic heterocycles. The highest BCUT2D eigenvalue weighted by atomic mass is 32.2. The van der Waals surface area contributed by atoms with Gasteiger partial charge in [-0.2, -0.15) is 8.42 Å². The molecule has 0 aromatic carbocycles. The number of carbonyl (C=O) groups excluding carboxylic acids is 1. The third kappa shape index (κ3) is 8.85. The van der Waals surface area contributed by atoms with Crippen LogP contribution in [0, 0.1) is 0 Å². The van der Waals surface area contributed by atoms with E-state index in [9.17, 15) is 13.2 Å². The van der Waals surface area contributed by atoms with Crippen molar-refractivity contribution in [2.75, 3.05) is 32.1 Å². The van der Waals surface area contributed by atoms with Gasteiger partial charge in [0.25, 0.3) is 16.0 Å². The summed E-state index contributed by atoms with van der Waals surface area (Å²) in [5.41, 5.74) is 0.457. The number of nitrogens with one attached hydrogen (secondary N) is 1. The van der Waals surface area contributed by atoms with E-state index < -0.39 is 10.1 Å². The van der Waals surface area contributed by atoms with Crippen LogP contribution in [-0.2, 0) is 14.9 Å². The second-order valence-electron chi connectivity index (χ2n) is 5.60. The summed E-state index contributed by atoms with van der Waals surface area (Å²) in [4.78, 5) is 11.7. The van der Waals surface area contributed by atoms with Gasteiger partial charge < -0.3 is 9.80 Å². The molecule has 0 radical (unpaired) electrons. The normalized spacial score (nSPS) is 12.2. The van der Waals surface area contributed by atoms with Crippen LogP contribution in [0.5, 0.6) is 0 Å². The Labute approximate surface area is 128 Å². The SMILES string of the molecule is C=C(C)C(=O)NC[N+](CCC)(CCC)CCCS(=O)(=O)O. The van der Waals surface area contributed by atoms with Gasteiger partial charge in [-0.15, -0.1) is 0 Å². The summed E-state index contributed by atoms with van der Waals surface area (Å²) in [6.45, 7) is 12.2. The molecule has 6 nitrogen and oxygen atoms in total. The lowest BCUT2D eigenvalue weighted by molar-refractivity contribution is -0.930. The van der Waals surface area contributed by atoms with Crippen molar-refractivity contribution in [1.82, 2.24) is 5.32 Å². The number of carbonyl (C=O) groups is 1. The van der Waals surface area contributed by atoms with Gasteiger partial charge in [-0.1, -0.05) is 20.4 Å². The molecule has 2 N–H and O–H groups in total. The number of hydrogen-bond acceptors (Lipinski definition) is 3. The zero-order chi connectivity index (χ0) is 16.5. The fourth-order valence-electron chi connectivity index (χ4n) is 2.49. The average molecular weight is 321 g/mol. The van der Waals surface area contributed by atoms with Gasteiger partial charge in [0.05, 0.1) is 25.4 Å². The first kappa shape index (κ1) is 20.1. The molecule has 1 amide bonds. The van der Waals surface area contributed by atoms with E-state index in [1.807, 2.05) is 0 Å². The Kier molecular flexibility index (Phi) is 8.77. The fourth-order valence-corrected chi connectivity index (χ4v) is 2.99. The quantitative estimate of drug-likeness (QED) is 0.262. The summed E-state index contributed by atoms with van der Waals surface area (Å²) in [6.07, 6.45) is 2.26. The summed E-state index contributed by atoms with van der Waals surface area (Å²) in [5.74, 6) is -0.422. The second-order valence-corrected chi connectivity index (χ2v) is 7.17.